The molecule has 1 aliphatic rings. The van der Waals surface area contributed by atoms with Crippen LogP contribution in [0.15, 0.2) is 42.5 Å². The van der Waals surface area contributed by atoms with Crippen molar-refractivity contribution in [1.29, 1.82) is 0 Å². The summed E-state index contributed by atoms with van der Waals surface area (Å²) in [6.07, 6.45) is -0.488. The van der Waals surface area contributed by atoms with Gasteiger partial charge in [0.1, 0.15) is 24.2 Å². The zero-order chi connectivity index (χ0) is 19.2. The number of hydrogen-bond donors (Lipinski definition) is 1. The minimum atomic E-state index is -0.488. The first-order chi connectivity index (χ1) is 13.0. The van der Waals surface area contributed by atoms with Crippen molar-refractivity contribution in [3.63, 3.8) is 0 Å². The highest BCUT2D eigenvalue weighted by molar-refractivity contribution is 5.85. The van der Waals surface area contributed by atoms with E-state index >= 15 is 0 Å². The third-order valence-corrected chi connectivity index (χ3v) is 4.92. The van der Waals surface area contributed by atoms with Gasteiger partial charge in [-0.05, 0) is 61.4 Å². The van der Waals surface area contributed by atoms with E-state index in [1.807, 2.05) is 24.3 Å². The van der Waals surface area contributed by atoms with E-state index in [2.05, 4.69) is 41.8 Å². The van der Waals surface area contributed by atoms with Crippen LogP contribution in [-0.4, -0.2) is 62.6 Å². The van der Waals surface area contributed by atoms with E-state index in [0.717, 1.165) is 37.7 Å². The zero-order valence-corrected chi connectivity index (χ0v) is 19.0. The van der Waals surface area contributed by atoms with E-state index in [1.54, 1.807) is 7.11 Å². The Hall–Kier alpha value is -1.66. The van der Waals surface area contributed by atoms with E-state index in [9.17, 15) is 5.11 Å². The summed E-state index contributed by atoms with van der Waals surface area (Å²) < 4.78 is 11.0. The molecule has 2 aromatic rings. The van der Waals surface area contributed by atoms with Gasteiger partial charge in [0.25, 0.3) is 0 Å². The molecule has 1 atom stereocenters. The Morgan fingerprint density at radius 3 is 2.03 bits per heavy atom. The molecule has 5 nitrogen and oxygen atoms in total. The van der Waals surface area contributed by atoms with Gasteiger partial charge in [-0.15, -0.1) is 24.8 Å². The number of hydrogen-bond acceptors (Lipinski definition) is 5. The van der Waals surface area contributed by atoms with Crippen molar-refractivity contribution in [1.82, 2.24) is 4.90 Å². The number of anilines is 1. The molecule has 0 aromatic heterocycles. The molecule has 1 fully saturated rings. The molecule has 0 radical (unpaired) electrons. The van der Waals surface area contributed by atoms with Crippen LogP contribution >= 0.6 is 24.8 Å². The van der Waals surface area contributed by atoms with Crippen molar-refractivity contribution in [2.75, 3.05) is 51.3 Å². The predicted molar refractivity (Wildman–Crippen MR) is 124 cm³/mol. The fraction of sp³-hybridized carbons (Fsp3) is 0.455. The molecule has 0 spiro atoms. The summed E-state index contributed by atoms with van der Waals surface area (Å²) in [7, 11) is 1.68. The van der Waals surface area contributed by atoms with E-state index in [4.69, 9.17) is 9.47 Å². The number of rotatable bonds is 7. The summed E-state index contributed by atoms with van der Waals surface area (Å²) in [6.45, 7) is 8.85. The van der Waals surface area contributed by atoms with Crippen molar-refractivity contribution < 1.29 is 14.6 Å². The monoisotopic (exact) mass is 442 g/mol. The van der Waals surface area contributed by atoms with Gasteiger partial charge >= 0.3 is 0 Å². The Kier molecular flexibility index (Phi) is 10.6. The van der Waals surface area contributed by atoms with Gasteiger partial charge in [0, 0.05) is 38.4 Å². The number of ether oxygens (including phenoxy) is 2. The molecular formula is C22H32Cl2N2O3. The average Bonchev–Trinajstić information content (AvgIpc) is 2.66. The quantitative estimate of drug-likeness (QED) is 0.707. The van der Waals surface area contributed by atoms with Crippen molar-refractivity contribution in [2.24, 2.45) is 0 Å². The molecule has 7 heteroatoms. The molecule has 1 heterocycles. The first-order valence-corrected chi connectivity index (χ1v) is 9.54. The van der Waals surface area contributed by atoms with Crippen LogP contribution in [0.5, 0.6) is 11.5 Å². The van der Waals surface area contributed by atoms with Crippen LogP contribution in [0.3, 0.4) is 0 Å². The second-order valence-electron chi connectivity index (χ2n) is 7.27. The number of aryl methyl sites for hydroxylation is 2. The highest BCUT2D eigenvalue weighted by Gasteiger charge is 2.20. The second-order valence-corrected chi connectivity index (χ2v) is 7.27. The maximum Gasteiger partial charge on any atom is 0.119 e. The standard InChI is InChI=1S/C22H30N2O3.2ClH/c1-17-12-18(2)14-22(13-17)27-16-20(25)15-23-8-10-24(11-9-23)19-4-6-21(26-3)7-5-19;;/h4-7,12-14,20,25H,8-11,15-16H2,1-3H3;2*1H. The summed E-state index contributed by atoms with van der Waals surface area (Å²) in [5, 5.41) is 10.3. The number of methoxy groups -OCH3 is 1. The van der Waals surface area contributed by atoms with Crippen molar-refractivity contribution >= 4 is 30.5 Å². The Morgan fingerprint density at radius 1 is 0.897 bits per heavy atom. The summed E-state index contributed by atoms with van der Waals surface area (Å²) >= 11 is 0. The van der Waals surface area contributed by atoms with Gasteiger partial charge in [-0.25, -0.2) is 0 Å². The number of aliphatic hydroxyl groups is 1. The lowest BCUT2D eigenvalue weighted by molar-refractivity contribution is 0.0662. The average molecular weight is 443 g/mol. The van der Waals surface area contributed by atoms with Gasteiger partial charge in [-0.1, -0.05) is 6.07 Å². The fourth-order valence-corrected chi connectivity index (χ4v) is 3.54. The van der Waals surface area contributed by atoms with Gasteiger partial charge in [-0.2, -0.15) is 0 Å². The first kappa shape index (κ1) is 25.4. The molecule has 0 aliphatic carbocycles. The van der Waals surface area contributed by atoms with Crippen LogP contribution < -0.4 is 14.4 Å². The number of benzene rings is 2. The Balaban J connectivity index is 0.00000210. The van der Waals surface area contributed by atoms with Gasteiger partial charge in [0.15, 0.2) is 0 Å². The van der Waals surface area contributed by atoms with Crippen LogP contribution in [0.4, 0.5) is 5.69 Å². The molecule has 0 bridgehead atoms. The highest BCUT2D eigenvalue weighted by atomic mass is 35.5. The fourth-order valence-electron chi connectivity index (χ4n) is 3.54. The molecule has 0 saturated carbocycles. The van der Waals surface area contributed by atoms with Crippen LogP contribution in [0.25, 0.3) is 0 Å². The van der Waals surface area contributed by atoms with Crippen LogP contribution in [-0.2, 0) is 0 Å². The van der Waals surface area contributed by atoms with E-state index < -0.39 is 6.10 Å². The molecular weight excluding hydrogens is 411 g/mol. The minimum absolute atomic E-state index is 0. The summed E-state index contributed by atoms with van der Waals surface area (Å²) in [5.41, 5.74) is 3.57. The lowest BCUT2D eigenvalue weighted by Gasteiger charge is -2.36. The third kappa shape index (κ3) is 7.59. The van der Waals surface area contributed by atoms with E-state index in [0.29, 0.717) is 13.2 Å². The summed E-state index contributed by atoms with van der Waals surface area (Å²) in [4.78, 5) is 4.67. The van der Waals surface area contributed by atoms with Crippen molar-refractivity contribution in [3.8, 4) is 11.5 Å². The lowest BCUT2D eigenvalue weighted by Crippen LogP contribution is -2.49. The molecule has 1 aliphatic heterocycles. The van der Waals surface area contributed by atoms with Crippen LogP contribution in [0.1, 0.15) is 11.1 Å². The second kappa shape index (κ2) is 12.1. The Bertz CT molecular complexity index is 715. The molecule has 1 saturated heterocycles. The molecule has 2 aromatic carbocycles. The van der Waals surface area contributed by atoms with Crippen molar-refractivity contribution in [2.45, 2.75) is 20.0 Å². The topological polar surface area (TPSA) is 45.2 Å². The minimum Gasteiger partial charge on any atom is -0.497 e. The number of β-amino-alcohol motifs (C(OH)–C–C–N with tert-alkyl or cyclic N) is 1. The smallest absolute Gasteiger partial charge is 0.119 e. The zero-order valence-electron chi connectivity index (χ0n) is 17.3. The third-order valence-electron chi connectivity index (χ3n) is 4.92. The molecule has 0 amide bonds. The predicted octanol–water partition coefficient (Wildman–Crippen LogP) is 3.72. The van der Waals surface area contributed by atoms with Gasteiger partial charge < -0.3 is 19.5 Å². The maximum absolute atomic E-state index is 10.3. The SMILES string of the molecule is COc1ccc(N2CCN(CC(O)COc3cc(C)cc(C)c3)CC2)cc1.Cl.Cl. The molecule has 29 heavy (non-hydrogen) atoms. The largest absolute Gasteiger partial charge is 0.497 e. The van der Waals surface area contributed by atoms with Gasteiger partial charge in [0.2, 0.25) is 0 Å². The van der Waals surface area contributed by atoms with E-state index in [1.165, 1.54) is 16.8 Å². The van der Waals surface area contributed by atoms with Crippen LogP contribution in [0, 0.1) is 13.8 Å². The number of piperazine rings is 1. The highest BCUT2D eigenvalue weighted by Crippen LogP contribution is 2.21. The molecule has 3 rings (SSSR count). The molecule has 162 valence electrons. The molecule has 1 N–H and O–H groups in total. The number of aliphatic hydroxyl groups excluding tert-OH is 1. The van der Waals surface area contributed by atoms with Gasteiger partial charge in [-0.3, -0.25) is 4.90 Å². The van der Waals surface area contributed by atoms with E-state index in [-0.39, 0.29) is 24.8 Å². The Labute approximate surface area is 186 Å². The molecule has 1 unspecified atom stereocenters. The van der Waals surface area contributed by atoms with Crippen molar-refractivity contribution in [3.05, 3.63) is 53.6 Å². The maximum atomic E-state index is 10.3. The number of halogens is 2. The normalized spacial score (nSPS) is 15.1. The summed E-state index contributed by atoms with van der Waals surface area (Å²) in [6, 6.07) is 14.3. The first-order valence-electron chi connectivity index (χ1n) is 9.54. The van der Waals surface area contributed by atoms with Gasteiger partial charge in [0.05, 0.1) is 7.11 Å². The number of nitrogens with zero attached hydrogens (tertiary/aromatic N) is 2. The van der Waals surface area contributed by atoms with Crippen LogP contribution in [0.2, 0.25) is 0 Å². The lowest BCUT2D eigenvalue weighted by atomic mass is 10.1. The Morgan fingerprint density at radius 2 is 1.48 bits per heavy atom. The summed E-state index contributed by atoms with van der Waals surface area (Å²) in [5.74, 6) is 1.71.